The lowest BCUT2D eigenvalue weighted by Crippen LogP contribution is -2.38. The van der Waals surface area contributed by atoms with Crippen LogP contribution in [0.5, 0.6) is 11.5 Å². The first kappa shape index (κ1) is 18.4. The molecule has 1 aliphatic carbocycles. The Balaban J connectivity index is 1.23. The molecule has 0 radical (unpaired) electrons. The van der Waals surface area contributed by atoms with Gasteiger partial charge in [-0.25, -0.2) is 0 Å². The lowest BCUT2D eigenvalue weighted by Gasteiger charge is -2.23. The Morgan fingerprint density at radius 1 is 1.24 bits per heavy atom. The number of hydrogen-bond donors (Lipinski definition) is 2. The monoisotopic (exact) mass is 410 g/mol. The van der Waals surface area contributed by atoms with Gasteiger partial charge in [-0.3, -0.25) is 4.79 Å². The van der Waals surface area contributed by atoms with Crippen LogP contribution >= 0.6 is 11.6 Å². The van der Waals surface area contributed by atoms with Crippen LogP contribution in [0.15, 0.2) is 30.3 Å². The van der Waals surface area contributed by atoms with E-state index in [-0.39, 0.29) is 18.7 Å². The molecule has 1 amide bonds. The number of benzene rings is 2. The van der Waals surface area contributed by atoms with Gasteiger partial charge in [-0.15, -0.1) is 0 Å². The average molecular weight is 411 g/mol. The maximum absolute atomic E-state index is 12.5. The first-order chi connectivity index (χ1) is 14.1. The maximum Gasteiger partial charge on any atom is 0.231 e. The third kappa shape index (κ3) is 3.55. The molecule has 29 heavy (non-hydrogen) atoms. The SMILES string of the molecule is Cc1cc(Cl)cc2c3c([nH]c12)CC[C@H](NC(=O)CCc1ccc2c(c1)OCO2)C3. The van der Waals surface area contributed by atoms with Crippen molar-refractivity contribution in [3.8, 4) is 11.5 Å². The summed E-state index contributed by atoms with van der Waals surface area (Å²) >= 11 is 6.28. The van der Waals surface area contributed by atoms with Crippen molar-refractivity contribution in [1.82, 2.24) is 10.3 Å². The summed E-state index contributed by atoms with van der Waals surface area (Å²) in [5, 5.41) is 5.17. The molecule has 150 valence electrons. The van der Waals surface area contributed by atoms with Gasteiger partial charge in [0, 0.05) is 34.1 Å². The molecule has 2 aliphatic rings. The summed E-state index contributed by atoms with van der Waals surface area (Å²) < 4.78 is 10.7. The Labute approximate surface area is 174 Å². The number of H-pyrrole nitrogens is 1. The van der Waals surface area contributed by atoms with Gasteiger partial charge in [0.2, 0.25) is 12.7 Å². The van der Waals surface area contributed by atoms with E-state index in [0.717, 1.165) is 52.4 Å². The highest BCUT2D eigenvalue weighted by Gasteiger charge is 2.24. The van der Waals surface area contributed by atoms with Gasteiger partial charge in [0.1, 0.15) is 0 Å². The number of fused-ring (bicyclic) bond motifs is 4. The summed E-state index contributed by atoms with van der Waals surface area (Å²) in [5.41, 5.74) is 5.96. The summed E-state index contributed by atoms with van der Waals surface area (Å²) in [6.45, 7) is 2.34. The third-order valence-corrected chi connectivity index (χ3v) is 6.12. The second kappa shape index (κ2) is 7.30. The molecular formula is C23H23ClN2O3. The van der Waals surface area contributed by atoms with E-state index in [1.807, 2.05) is 30.3 Å². The van der Waals surface area contributed by atoms with Crippen molar-refractivity contribution in [3.63, 3.8) is 0 Å². The molecule has 0 fully saturated rings. The molecule has 2 aromatic carbocycles. The van der Waals surface area contributed by atoms with E-state index in [2.05, 4.69) is 17.2 Å². The number of halogens is 1. The fourth-order valence-electron chi connectivity index (χ4n) is 4.43. The number of rotatable bonds is 4. The molecule has 2 N–H and O–H groups in total. The van der Waals surface area contributed by atoms with Crippen molar-refractivity contribution in [1.29, 1.82) is 0 Å². The van der Waals surface area contributed by atoms with Crippen molar-refractivity contribution in [2.24, 2.45) is 0 Å². The Bertz CT molecular complexity index is 1110. The number of carbonyl (C=O) groups excluding carboxylic acids is 1. The van der Waals surface area contributed by atoms with Crippen molar-refractivity contribution in [3.05, 3.63) is 57.7 Å². The number of nitrogens with one attached hydrogen (secondary N) is 2. The highest BCUT2D eigenvalue weighted by Crippen LogP contribution is 2.34. The Morgan fingerprint density at radius 3 is 3.00 bits per heavy atom. The largest absolute Gasteiger partial charge is 0.454 e. The molecule has 0 saturated heterocycles. The van der Waals surface area contributed by atoms with Gasteiger partial charge < -0.3 is 19.8 Å². The Kier molecular flexibility index (Phi) is 4.63. The molecule has 1 aromatic heterocycles. The first-order valence-electron chi connectivity index (χ1n) is 10.0. The van der Waals surface area contributed by atoms with Crippen molar-refractivity contribution in [2.45, 2.75) is 45.1 Å². The lowest BCUT2D eigenvalue weighted by atomic mass is 9.91. The molecule has 3 aromatic rings. The molecule has 5 nitrogen and oxygen atoms in total. The van der Waals surface area contributed by atoms with Gasteiger partial charge in [0.15, 0.2) is 11.5 Å². The van der Waals surface area contributed by atoms with Crippen LogP contribution < -0.4 is 14.8 Å². The van der Waals surface area contributed by atoms with E-state index >= 15 is 0 Å². The fraction of sp³-hybridized carbons (Fsp3) is 0.348. The minimum atomic E-state index is 0.0881. The summed E-state index contributed by atoms with van der Waals surface area (Å²) in [6.07, 6.45) is 3.87. The van der Waals surface area contributed by atoms with Crippen LogP contribution in [0.25, 0.3) is 10.9 Å². The van der Waals surface area contributed by atoms with E-state index in [1.54, 1.807) is 0 Å². The summed E-state index contributed by atoms with van der Waals surface area (Å²) in [7, 11) is 0. The zero-order valence-electron chi connectivity index (χ0n) is 16.3. The van der Waals surface area contributed by atoms with E-state index in [9.17, 15) is 4.79 Å². The predicted molar refractivity (Wildman–Crippen MR) is 113 cm³/mol. The predicted octanol–water partition coefficient (Wildman–Crippen LogP) is 4.46. The van der Waals surface area contributed by atoms with E-state index in [4.69, 9.17) is 21.1 Å². The molecule has 5 rings (SSSR count). The quantitative estimate of drug-likeness (QED) is 0.667. The lowest BCUT2D eigenvalue weighted by molar-refractivity contribution is -0.121. The summed E-state index contributed by atoms with van der Waals surface area (Å²) in [4.78, 5) is 16.1. The number of carbonyl (C=O) groups is 1. The number of hydrogen-bond acceptors (Lipinski definition) is 3. The van der Waals surface area contributed by atoms with Gasteiger partial charge in [0.25, 0.3) is 0 Å². The van der Waals surface area contributed by atoms with Gasteiger partial charge in [-0.05, 0) is 73.6 Å². The molecule has 0 spiro atoms. The fourth-order valence-corrected chi connectivity index (χ4v) is 4.70. The van der Waals surface area contributed by atoms with Crippen molar-refractivity contribution in [2.75, 3.05) is 6.79 Å². The van der Waals surface area contributed by atoms with Crippen LogP contribution in [0.1, 0.15) is 35.2 Å². The zero-order valence-corrected chi connectivity index (χ0v) is 17.1. The molecular weight excluding hydrogens is 388 g/mol. The average Bonchev–Trinajstić information content (AvgIpc) is 3.30. The van der Waals surface area contributed by atoms with Crippen LogP contribution in [-0.2, 0) is 24.1 Å². The maximum atomic E-state index is 12.5. The van der Waals surface area contributed by atoms with Gasteiger partial charge >= 0.3 is 0 Å². The molecule has 1 aliphatic heterocycles. The second-order valence-corrected chi connectivity index (χ2v) is 8.36. The number of amides is 1. The summed E-state index contributed by atoms with van der Waals surface area (Å²) in [5.74, 6) is 1.62. The number of ether oxygens (including phenoxy) is 2. The minimum absolute atomic E-state index is 0.0881. The Morgan fingerprint density at radius 2 is 2.10 bits per heavy atom. The standard InChI is InChI=1S/C23H23ClN2O3/c1-13-8-15(24)10-18-17-11-16(4-5-19(17)26-23(13)18)25-22(27)7-3-14-2-6-20-21(9-14)29-12-28-20/h2,6,8-10,16,26H,3-5,7,11-12H2,1H3,(H,25,27)/t16-/m0/s1. The van der Waals surface area contributed by atoms with Crippen molar-refractivity contribution < 1.29 is 14.3 Å². The Hall–Kier alpha value is -2.66. The molecule has 2 heterocycles. The topological polar surface area (TPSA) is 63.4 Å². The highest BCUT2D eigenvalue weighted by molar-refractivity contribution is 6.31. The van der Waals surface area contributed by atoms with Crippen LogP contribution in [-0.4, -0.2) is 23.7 Å². The van der Waals surface area contributed by atoms with Gasteiger partial charge in [-0.1, -0.05) is 17.7 Å². The molecule has 1 atom stereocenters. The van der Waals surface area contributed by atoms with E-state index in [0.29, 0.717) is 12.8 Å². The normalized spacial score (nSPS) is 17.4. The number of aromatic amines is 1. The van der Waals surface area contributed by atoms with E-state index in [1.165, 1.54) is 16.6 Å². The highest BCUT2D eigenvalue weighted by atomic mass is 35.5. The summed E-state index contributed by atoms with van der Waals surface area (Å²) in [6, 6.07) is 10.0. The van der Waals surface area contributed by atoms with Gasteiger partial charge in [-0.2, -0.15) is 0 Å². The molecule has 0 bridgehead atoms. The molecule has 0 unspecified atom stereocenters. The zero-order chi connectivity index (χ0) is 20.0. The van der Waals surface area contributed by atoms with Crippen LogP contribution in [0, 0.1) is 6.92 Å². The van der Waals surface area contributed by atoms with Crippen LogP contribution in [0.3, 0.4) is 0 Å². The van der Waals surface area contributed by atoms with E-state index < -0.39 is 0 Å². The molecule has 6 heteroatoms. The number of aromatic nitrogens is 1. The van der Waals surface area contributed by atoms with Crippen LogP contribution in [0.2, 0.25) is 5.02 Å². The number of aryl methyl sites for hydroxylation is 3. The van der Waals surface area contributed by atoms with Gasteiger partial charge in [0.05, 0.1) is 0 Å². The van der Waals surface area contributed by atoms with Crippen LogP contribution in [0.4, 0.5) is 0 Å². The second-order valence-electron chi connectivity index (χ2n) is 7.92. The molecule has 0 saturated carbocycles. The minimum Gasteiger partial charge on any atom is -0.454 e. The first-order valence-corrected chi connectivity index (χ1v) is 10.4. The smallest absolute Gasteiger partial charge is 0.231 e. The third-order valence-electron chi connectivity index (χ3n) is 5.90. The van der Waals surface area contributed by atoms with Crippen molar-refractivity contribution >= 4 is 28.4 Å².